The number of rotatable bonds is 4. The van der Waals surface area contributed by atoms with Gasteiger partial charge in [-0.3, -0.25) is 0 Å². The summed E-state index contributed by atoms with van der Waals surface area (Å²) in [4.78, 5) is 12.9. The van der Waals surface area contributed by atoms with Gasteiger partial charge in [-0.1, -0.05) is 0 Å². The molecule has 0 aliphatic rings. The number of aromatic nitrogens is 4. The molecule has 0 N–H and O–H groups in total. The van der Waals surface area contributed by atoms with Gasteiger partial charge in [-0.25, -0.2) is 9.97 Å². The molecule has 0 saturated heterocycles. The molecule has 104 valence electrons. The first kappa shape index (κ1) is 12.9. The van der Waals surface area contributed by atoms with Crippen LogP contribution in [-0.2, 0) is 6.54 Å². The van der Waals surface area contributed by atoms with E-state index in [1.54, 1.807) is 19.6 Å². The lowest BCUT2D eigenvalue weighted by Crippen LogP contribution is -2.06. The van der Waals surface area contributed by atoms with Crippen LogP contribution in [0.3, 0.4) is 0 Å². The molecule has 0 spiro atoms. The zero-order valence-corrected chi connectivity index (χ0v) is 11.8. The molecular weight excluding hydrogens is 280 g/mol. The number of fused-ring (bicyclic) bond motifs is 1. The topological polar surface area (TPSA) is 66.0 Å². The number of hydrogen-bond acceptors (Lipinski definition) is 5. The molecule has 3 heterocycles. The second kappa shape index (κ2) is 5.13. The summed E-state index contributed by atoms with van der Waals surface area (Å²) >= 11 is 6.22. The highest BCUT2D eigenvalue weighted by Crippen LogP contribution is 2.28. The smallest absolute Gasteiger partial charge is 0.245 e. The number of furan rings is 1. The van der Waals surface area contributed by atoms with Gasteiger partial charge in [0.15, 0.2) is 11.2 Å². The standard InChI is InChI=1S/C13H13ClN4O2/c1-8(14)11-17-10-12(15-7-16-13(10)19-2)18(11)5-9-3-4-20-6-9/h3-4,6-8H,5H2,1-2H3. The number of nitrogens with zero attached hydrogens (tertiary/aromatic N) is 4. The Labute approximate surface area is 120 Å². The molecule has 1 unspecified atom stereocenters. The Morgan fingerprint density at radius 2 is 2.30 bits per heavy atom. The van der Waals surface area contributed by atoms with Gasteiger partial charge in [0.25, 0.3) is 0 Å². The van der Waals surface area contributed by atoms with Crippen LogP contribution in [0.25, 0.3) is 11.2 Å². The molecule has 6 nitrogen and oxygen atoms in total. The van der Waals surface area contributed by atoms with Crippen LogP contribution in [0, 0.1) is 0 Å². The third-order valence-corrected chi connectivity index (χ3v) is 3.19. The van der Waals surface area contributed by atoms with E-state index in [0.29, 0.717) is 23.6 Å². The maximum absolute atomic E-state index is 6.22. The number of hydrogen-bond donors (Lipinski definition) is 0. The lowest BCUT2D eigenvalue weighted by Gasteiger charge is -2.08. The maximum Gasteiger partial charge on any atom is 0.245 e. The molecule has 1 atom stereocenters. The number of alkyl halides is 1. The Bertz CT molecular complexity index is 721. The number of halogens is 1. The largest absolute Gasteiger partial charge is 0.479 e. The van der Waals surface area contributed by atoms with E-state index in [9.17, 15) is 0 Å². The highest BCUT2D eigenvalue weighted by atomic mass is 35.5. The molecule has 0 aliphatic carbocycles. The molecule has 20 heavy (non-hydrogen) atoms. The minimum absolute atomic E-state index is 0.249. The van der Waals surface area contributed by atoms with Gasteiger partial charge in [0.2, 0.25) is 5.88 Å². The molecule has 0 saturated carbocycles. The number of ether oxygens (including phenoxy) is 1. The van der Waals surface area contributed by atoms with E-state index in [-0.39, 0.29) is 5.38 Å². The summed E-state index contributed by atoms with van der Waals surface area (Å²) in [5, 5.41) is -0.249. The average molecular weight is 293 g/mol. The normalized spacial score (nSPS) is 12.8. The highest BCUT2D eigenvalue weighted by Gasteiger charge is 2.19. The monoisotopic (exact) mass is 292 g/mol. The van der Waals surface area contributed by atoms with Crippen molar-refractivity contribution in [3.8, 4) is 5.88 Å². The van der Waals surface area contributed by atoms with Crippen molar-refractivity contribution in [2.24, 2.45) is 0 Å². The van der Waals surface area contributed by atoms with Crippen LogP contribution in [0.4, 0.5) is 0 Å². The fourth-order valence-corrected chi connectivity index (χ4v) is 2.27. The highest BCUT2D eigenvalue weighted by molar-refractivity contribution is 6.20. The molecule has 0 aliphatic heterocycles. The summed E-state index contributed by atoms with van der Waals surface area (Å²) in [5.41, 5.74) is 2.32. The van der Waals surface area contributed by atoms with Gasteiger partial charge >= 0.3 is 0 Å². The van der Waals surface area contributed by atoms with Crippen LogP contribution >= 0.6 is 11.6 Å². The van der Waals surface area contributed by atoms with Gasteiger partial charge in [0.05, 0.1) is 31.6 Å². The Hall–Kier alpha value is -2.08. The van der Waals surface area contributed by atoms with Gasteiger partial charge in [-0.15, -0.1) is 11.6 Å². The van der Waals surface area contributed by atoms with Crippen molar-refractivity contribution in [1.29, 1.82) is 0 Å². The van der Waals surface area contributed by atoms with E-state index in [0.717, 1.165) is 11.4 Å². The van der Waals surface area contributed by atoms with E-state index in [1.807, 2.05) is 17.6 Å². The predicted octanol–water partition coefficient (Wildman–Crippen LogP) is 2.78. The molecule has 7 heteroatoms. The molecule has 0 aromatic carbocycles. The van der Waals surface area contributed by atoms with Crippen molar-refractivity contribution < 1.29 is 9.15 Å². The van der Waals surface area contributed by atoms with E-state index in [4.69, 9.17) is 20.8 Å². The lowest BCUT2D eigenvalue weighted by molar-refractivity contribution is 0.401. The molecule has 0 radical (unpaired) electrons. The molecule has 3 rings (SSSR count). The molecule has 3 aromatic rings. The van der Waals surface area contributed by atoms with Gasteiger partial charge in [-0.05, 0) is 13.0 Å². The van der Waals surface area contributed by atoms with Gasteiger partial charge < -0.3 is 13.7 Å². The van der Waals surface area contributed by atoms with Gasteiger partial charge in [0.1, 0.15) is 12.2 Å². The van der Waals surface area contributed by atoms with Crippen molar-refractivity contribution in [3.63, 3.8) is 0 Å². The van der Waals surface area contributed by atoms with E-state index in [2.05, 4.69) is 15.0 Å². The molecule has 0 bridgehead atoms. The SMILES string of the molecule is COc1ncnc2c1nc(C(C)Cl)n2Cc1ccoc1. The summed E-state index contributed by atoms with van der Waals surface area (Å²) in [6.07, 6.45) is 4.78. The fourth-order valence-electron chi connectivity index (χ4n) is 2.11. The maximum atomic E-state index is 6.22. The zero-order chi connectivity index (χ0) is 14.1. The Kier molecular flexibility index (Phi) is 3.31. The fraction of sp³-hybridized carbons (Fsp3) is 0.308. The minimum Gasteiger partial charge on any atom is -0.479 e. The molecule has 0 fully saturated rings. The first-order chi connectivity index (χ1) is 9.70. The first-order valence-corrected chi connectivity index (χ1v) is 6.54. The Balaban J connectivity index is 2.19. The van der Waals surface area contributed by atoms with Crippen molar-refractivity contribution in [1.82, 2.24) is 19.5 Å². The van der Waals surface area contributed by atoms with Crippen LogP contribution in [0.1, 0.15) is 23.7 Å². The van der Waals surface area contributed by atoms with Crippen molar-refractivity contribution in [2.45, 2.75) is 18.8 Å². The van der Waals surface area contributed by atoms with Crippen LogP contribution in [-0.4, -0.2) is 26.6 Å². The summed E-state index contributed by atoms with van der Waals surface area (Å²) in [7, 11) is 1.56. The lowest BCUT2D eigenvalue weighted by atomic mass is 10.3. The minimum atomic E-state index is -0.249. The number of imidazole rings is 1. The van der Waals surface area contributed by atoms with Gasteiger partial charge in [0, 0.05) is 5.56 Å². The van der Waals surface area contributed by atoms with E-state index in [1.165, 1.54) is 6.33 Å². The second-order valence-corrected chi connectivity index (χ2v) is 5.01. The molecule has 0 amide bonds. The van der Waals surface area contributed by atoms with Crippen LogP contribution in [0.5, 0.6) is 5.88 Å². The Morgan fingerprint density at radius 3 is 2.95 bits per heavy atom. The zero-order valence-electron chi connectivity index (χ0n) is 11.1. The summed E-state index contributed by atoms with van der Waals surface area (Å²) in [6, 6.07) is 1.90. The number of methoxy groups -OCH3 is 1. The summed E-state index contributed by atoms with van der Waals surface area (Å²) < 4.78 is 12.3. The second-order valence-electron chi connectivity index (χ2n) is 4.36. The third kappa shape index (κ3) is 2.12. The van der Waals surface area contributed by atoms with Gasteiger partial charge in [-0.2, -0.15) is 4.98 Å². The van der Waals surface area contributed by atoms with E-state index >= 15 is 0 Å². The predicted molar refractivity (Wildman–Crippen MR) is 74.0 cm³/mol. The first-order valence-electron chi connectivity index (χ1n) is 6.11. The third-order valence-electron chi connectivity index (χ3n) is 3.00. The molecule has 3 aromatic heterocycles. The van der Waals surface area contributed by atoms with Crippen LogP contribution in [0.2, 0.25) is 0 Å². The summed E-state index contributed by atoms with van der Waals surface area (Å²) in [5.74, 6) is 1.17. The van der Waals surface area contributed by atoms with E-state index < -0.39 is 0 Å². The quantitative estimate of drug-likeness (QED) is 0.692. The molecular formula is C13H13ClN4O2. The van der Waals surface area contributed by atoms with Crippen LogP contribution < -0.4 is 4.74 Å². The van der Waals surface area contributed by atoms with Crippen molar-refractivity contribution >= 4 is 22.8 Å². The summed E-state index contributed by atoms with van der Waals surface area (Å²) in [6.45, 7) is 2.45. The van der Waals surface area contributed by atoms with Crippen LogP contribution in [0.15, 0.2) is 29.3 Å². The Morgan fingerprint density at radius 1 is 1.45 bits per heavy atom. The van der Waals surface area contributed by atoms with Crippen molar-refractivity contribution in [3.05, 3.63) is 36.3 Å². The average Bonchev–Trinajstić information content (AvgIpc) is 3.07. The van der Waals surface area contributed by atoms with Crippen molar-refractivity contribution in [2.75, 3.05) is 7.11 Å².